The third-order valence-electron chi connectivity index (χ3n) is 5.50. The smallest absolute Gasteiger partial charge is 0.0447 e. The lowest BCUT2D eigenvalue weighted by atomic mass is 9.73. The minimum absolute atomic E-state index is 0.553. The van der Waals surface area contributed by atoms with Crippen molar-refractivity contribution in [2.45, 2.75) is 18.8 Å². The van der Waals surface area contributed by atoms with Crippen molar-refractivity contribution in [2.75, 3.05) is 32.1 Å². The Morgan fingerprint density at radius 1 is 0.773 bits per heavy atom. The predicted octanol–water partition coefficient (Wildman–Crippen LogP) is 4.24. The van der Waals surface area contributed by atoms with E-state index in [2.05, 4.69) is 72.4 Å². The van der Waals surface area contributed by atoms with Crippen LogP contribution in [-0.4, -0.2) is 32.1 Å². The number of para-hydroxylation sites is 2. The first-order chi connectivity index (χ1) is 10.8. The molecule has 2 aromatic carbocycles. The fraction of sp³-hybridized carbons (Fsp3) is 0.400. The quantitative estimate of drug-likeness (QED) is 0.775. The van der Waals surface area contributed by atoms with Crippen molar-refractivity contribution in [1.82, 2.24) is 4.90 Å². The fourth-order valence-corrected chi connectivity index (χ4v) is 4.28. The molecule has 0 amide bonds. The van der Waals surface area contributed by atoms with E-state index in [1.54, 1.807) is 0 Å². The van der Waals surface area contributed by atoms with Crippen molar-refractivity contribution in [3.63, 3.8) is 0 Å². The molecule has 0 aliphatic carbocycles. The molecule has 2 heteroatoms. The van der Waals surface area contributed by atoms with Gasteiger partial charge in [0.25, 0.3) is 0 Å². The Morgan fingerprint density at radius 3 is 1.82 bits per heavy atom. The molecule has 0 radical (unpaired) electrons. The average Bonchev–Trinajstić information content (AvgIpc) is 2.57. The summed E-state index contributed by atoms with van der Waals surface area (Å²) in [5.41, 5.74) is 5.78. The maximum absolute atomic E-state index is 2.46. The van der Waals surface area contributed by atoms with Crippen molar-refractivity contribution in [2.24, 2.45) is 5.92 Å². The molecule has 0 unspecified atom stereocenters. The fourth-order valence-electron chi connectivity index (χ4n) is 4.28. The van der Waals surface area contributed by atoms with Gasteiger partial charge in [-0.3, -0.25) is 0 Å². The van der Waals surface area contributed by atoms with Crippen LogP contribution in [0.15, 0.2) is 48.5 Å². The lowest BCUT2D eigenvalue weighted by Crippen LogP contribution is -2.35. The highest BCUT2D eigenvalue weighted by Gasteiger charge is 2.34. The van der Waals surface area contributed by atoms with Crippen LogP contribution in [0.1, 0.15) is 29.9 Å². The van der Waals surface area contributed by atoms with Gasteiger partial charge in [0.05, 0.1) is 0 Å². The second-order valence-electron chi connectivity index (χ2n) is 6.80. The zero-order valence-electron chi connectivity index (χ0n) is 13.5. The molecule has 4 rings (SSSR count). The molecule has 1 saturated heterocycles. The van der Waals surface area contributed by atoms with E-state index in [0.717, 1.165) is 5.92 Å². The lowest BCUT2D eigenvalue weighted by molar-refractivity contribution is 0.207. The van der Waals surface area contributed by atoms with Gasteiger partial charge in [-0.25, -0.2) is 0 Å². The first-order valence-electron chi connectivity index (χ1n) is 8.36. The van der Waals surface area contributed by atoms with Crippen LogP contribution in [-0.2, 0) is 0 Å². The number of hydrogen-bond acceptors (Lipinski definition) is 2. The first kappa shape index (κ1) is 13.8. The van der Waals surface area contributed by atoms with Crippen LogP contribution in [0, 0.1) is 5.92 Å². The van der Waals surface area contributed by atoms with E-state index in [9.17, 15) is 0 Å². The van der Waals surface area contributed by atoms with Gasteiger partial charge in [0.2, 0.25) is 0 Å². The maximum atomic E-state index is 2.46. The highest BCUT2D eigenvalue weighted by atomic mass is 15.1. The molecule has 2 aromatic rings. The molecule has 2 nitrogen and oxygen atoms in total. The van der Waals surface area contributed by atoms with E-state index >= 15 is 0 Å². The topological polar surface area (TPSA) is 6.48 Å². The SMILES string of the molecule is CN1CCC(C2c3ccccc3N(C)c3ccccc32)CC1. The van der Waals surface area contributed by atoms with Gasteiger partial charge in [0, 0.05) is 24.3 Å². The molecule has 22 heavy (non-hydrogen) atoms. The number of rotatable bonds is 1. The van der Waals surface area contributed by atoms with Crippen LogP contribution in [0.2, 0.25) is 0 Å². The Balaban J connectivity index is 1.82. The van der Waals surface area contributed by atoms with E-state index in [0.29, 0.717) is 5.92 Å². The number of anilines is 2. The Morgan fingerprint density at radius 2 is 1.27 bits per heavy atom. The average molecular weight is 292 g/mol. The van der Waals surface area contributed by atoms with Gasteiger partial charge in [0.1, 0.15) is 0 Å². The molecule has 1 fully saturated rings. The van der Waals surface area contributed by atoms with Gasteiger partial charge in [-0.2, -0.15) is 0 Å². The number of fused-ring (bicyclic) bond motifs is 2. The minimum atomic E-state index is 0.553. The Labute approximate surface area is 133 Å². The molecule has 0 saturated carbocycles. The number of benzene rings is 2. The summed E-state index contributed by atoms with van der Waals surface area (Å²) in [7, 11) is 4.44. The van der Waals surface area contributed by atoms with Crippen molar-refractivity contribution in [3.8, 4) is 0 Å². The normalized spacial score (nSPS) is 19.8. The van der Waals surface area contributed by atoms with Gasteiger partial charge in [-0.05, 0) is 62.2 Å². The molecule has 0 aromatic heterocycles. The molecular weight excluding hydrogens is 268 g/mol. The van der Waals surface area contributed by atoms with Crippen molar-refractivity contribution in [3.05, 3.63) is 59.7 Å². The van der Waals surface area contributed by atoms with Crippen LogP contribution in [0.25, 0.3) is 0 Å². The van der Waals surface area contributed by atoms with Gasteiger partial charge in [-0.15, -0.1) is 0 Å². The summed E-state index contributed by atoms with van der Waals surface area (Å²) in [6.45, 7) is 2.45. The Hall–Kier alpha value is -1.80. The third-order valence-corrected chi connectivity index (χ3v) is 5.50. The van der Waals surface area contributed by atoms with Crippen LogP contribution in [0.3, 0.4) is 0 Å². The molecule has 2 aliphatic heterocycles. The second kappa shape index (κ2) is 5.44. The van der Waals surface area contributed by atoms with Gasteiger partial charge >= 0.3 is 0 Å². The summed E-state index contributed by atoms with van der Waals surface area (Å²) in [6, 6.07) is 17.9. The Bertz CT molecular complexity index is 623. The van der Waals surface area contributed by atoms with Crippen molar-refractivity contribution in [1.29, 1.82) is 0 Å². The second-order valence-corrected chi connectivity index (χ2v) is 6.80. The minimum Gasteiger partial charge on any atom is -0.344 e. The molecule has 114 valence electrons. The molecule has 0 spiro atoms. The van der Waals surface area contributed by atoms with Crippen LogP contribution >= 0.6 is 0 Å². The number of likely N-dealkylation sites (tertiary alicyclic amines) is 1. The predicted molar refractivity (Wildman–Crippen MR) is 93.0 cm³/mol. The molecule has 0 atom stereocenters. The highest BCUT2D eigenvalue weighted by molar-refractivity contribution is 5.75. The summed E-state index contributed by atoms with van der Waals surface area (Å²) in [6.07, 6.45) is 2.60. The van der Waals surface area contributed by atoms with Crippen LogP contribution in [0.5, 0.6) is 0 Å². The van der Waals surface area contributed by atoms with Gasteiger partial charge < -0.3 is 9.80 Å². The van der Waals surface area contributed by atoms with Crippen molar-refractivity contribution < 1.29 is 0 Å². The van der Waals surface area contributed by atoms with Gasteiger partial charge in [-0.1, -0.05) is 36.4 Å². The monoisotopic (exact) mass is 292 g/mol. The standard InChI is InChI=1S/C20H24N2/c1-21-13-11-15(12-14-21)20-16-7-3-5-9-18(16)22(2)19-10-6-4-8-17(19)20/h3-10,15,20H,11-14H2,1-2H3. The molecule has 0 bridgehead atoms. The van der Waals surface area contributed by atoms with E-state index in [1.807, 2.05) is 0 Å². The summed E-state index contributed by atoms with van der Waals surface area (Å²) in [4.78, 5) is 4.82. The van der Waals surface area contributed by atoms with E-state index in [1.165, 1.54) is 48.4 Å². The number of hydrogen-bond donors (Lipinski definition) is 0. The summed E-state index contributed by atoms with van der Waals surface area (Å²) in [5.74, 6) is 1.31. The third kappa shape index (κ3) is 2.14. The van der Waals surface area contributed by atoms with Crippen LogP contribution in [0.4, 0.5) is 11.4 Å². The van der Waals surface area contributed by atoms with E-state index in [4.69, 9.17) is 0 Å². The Kier molecular flexibility index (Phi) is 3.42. The summed E-state index contributed by atoms with van der Waals surface area (Å²) < 4.78 is 0. The number of piperidine rings is 1. The van der Waals surface area contributed by atoms with Gasteiger partial charge in [0.15, 0.2) is 0 Å². The van der Waals surface area contributed by atoms with E-state index < -0.39 is 0 Å². The zero-order valence-corrected chi connectivity index (χ0v) is 13.5. The zero-order chi connectivity index (χ0) is 15.1. The molecule has 2 heterocycles. The first-order valence-corrected chi connectivity index (χ1v) is 8.36. The van der Waals surface area contributed by atoms with E-state index in [-0.39, 0.29) is 0 Å². The number of nitrogens with zero attached hydrogens (tertiary/aromatic N) is 2. The van der Waals surface area contributed by atoms with Crippen LogP contribution < -0.4 is 4.90 Å². The van der Waals surface area contributed by atoms with Crippen molar-refractivity contribution >= 4 is 11.4 Å². The highest BCUT2D eigenvalue weighted by Crippen LogP contribution is 2.49. The summed E-state index contributed by atoms with van der Waals surface area (Å²) in [5, 5.41) is 0. The summed E-state index contributed by atoms with van der Waals surface area (Å²) >= 11 is 0. The molecule has 2 aliphatic rings. The lowest BCUT2D eigenvalue weighted by Gasteiger charge is -2.41. The molecular formula is C20H24N2. The largest absolute Gasteiger partial charge is 0.344 e. The maximum Gasteiger partial charge on any atom is 0.0447 e. The molecule has 0 N–H and O–H groups in total.